The Morgan fingerprint density at radius 3 is 2.53 bits per heavy atom. The van der Waals surface area contributed by atoms with E-state index >= 15 is 0 Å². The molecular formula is C15H22O4. The lowest BCUT2D eigenvalue weighted by molar-refractivity contribution is -0.180. The second kappa shape index (κ2) is 4.05. The van der Waals surface area contributed by atoms with Crippen LogP contribution in [0.15, 0.2) is 0 Å². The fourth-order valence-electron chi connectivity index (χ4n) is 3.95. The van der Waals surface area contributed by atoms with Crippen molar-refractivity contribution in [1.82, 2.24) is 0 Å². The molecule has 0 aromatic rings. The van der Waals surface area contributed by atoms with Crippen LogP contribution in [0.1, 0.15) is 52.9 Å². The zero-order valence-electron chi connectivity index (χ0n) is 11.9. The van der Waals surface area contributed by atoms with E-state index in [-0.39, 0.29) is 17.3 Å². The van der Waals surface area contributed by atoms with Crippen LogP contribution in [-0.2, 0) is 19.1 Å². The maximum absolute atomic E-state index is 12.0. The number of ether oxygens (including phenoxy) is 2. The first-order valence-corrected chi connectivity index (χ1v) is 7.22. The zero-order chi connectivity index (χ0) is 13.8. The number of rotatable bonds is 1. The number of fused-ring (bicyclic) bond motifs is 2. The molecule has 19 heavy (non-hydrogen) atoms. The zero-order valence-corrected chi connectivity index (χ0v) is 11.9. The Morgan fingerprint density at radius 2 is 1.89 bits per heavy atom. The van der Waals surface area contributed by atoms with Crippen molar-refractivity contribution in [3.05, 3.63) is 0 Å². The van der Waals surface area contributed by atoms with Crippen molar-refractivity contribution in [2.24, 2.45) is 17.3 Å². The van der Waals surface area contributed by atoms with Gasteiger partial charge in [-0.05, 0) is 45.4 Å². The van der Waals surface area contributed by atoms with E-state index in [4.69, 9.17) is 9.47 Å². The quantitative estimate of drug-likeness (QED) is 0.684. The number of hydrogen-bond donors (Lipinski definition) is 0. The van der Waals surface area contributed by atoms with Gasteiger partial charge in [0.05, 0.1) is 0 Å². The minimum absolute atomic E-state index is 0.142. The third kappa shape index (κ3) is 2.10. The lowest BCUT2D eigenvalue weighted by atomic mass is 9.61. The molecule has 4 nitrogen and oxygen atoms in total. The summed E-state index contributed by atoms with van der Waals surface area (Å²) in [6.07, 6.45) is 4.00. The monoisotopic (exact) mass is 266 g/mol. The number of hydrogen-bond acceptors (Lipinski definition) is 4. The maximum atomic E-state index is 12.0. The molecule has 106 valence electrons. The molecule has 0 N–H and O–H groups in total. The molecule has 3 fully saturated rings. The molecule has 2 aliphatic carbocycles. The van der Waals surface area contributed by atoms with Gasteiger partial charge in [-0.1, -0.05) is 6.92 Å². The van der Waals surface area contributed by atoms with Gasteiger partial charge in [0, 0.05) is 17.8 Å². The number of carbonyl (C=O) groups is 2. The molecule has 0 aromatic heterocycles. The number of esters is 1. The molecule has 1 heterocycles. The average Bonchev–Trinajstić information content (AvgIpc) is 2.60. The van der Waals surface area contributed by atoms with Crippen LogP contribution in [0.4, 0.5) is 0 Å². The molecular weight excluding hydrogens is 244 g/mol. The Bertz CT molecular complexity index is 428. The van der Waals surface area contributed by atoms with Crippen LogP contribution in [0, 0.1) is 17.3 Å². The Kier molecular flexibility index (Phi) is 2.79. The fourth-order valence-corrected chi connectivity index (χ4v) is 3.95. The third-order valence-electron chi connectivity index (χ3n) is 5.02. The summed E-state index contributed by atoms with van der Waals surface area (Å²) in [7, 11) is 0. The van der Waals surface area contributed by atoms with E-state index < -0.39 is 11.9 Å². The largest absolute Gasteiger partial charge is 0.433 e. The van der Waals surface area contributed by atoms with Crippen LogP contribution >= 0.6 is 0 Å². The summed E-state index contributed by atoms with van der Waals surface area (Å²) < 4.78 is 11.3. The average molecular weight is 266 g/mol. The van der Waals surface area contributed by atoms with Gasteiger partial charge in [-0.15, -0.1) is 0 Å². The summed E-state index contributed by atoms with van der Waals surface area (Å²) in [5.74, 6) is 0.808. The van der Waals surface area contributed by atoms with Gasteiger partial charge < -0.3 is 9.47 Å². The summed E-state index contributed by atoms with van der Waals surface area (Å²) in [4.78, 5) is 23.7. The molecule has 4 heteroatoms. The van der Waals surface area contributed by atoms with Gasteiger partial charge >= 0.3 is 5.97 Å². The first-order chi connectivity index (χ1) is 8.80. The minimum Gasteiger partial charge on any atom is -0.433 e. The number of cyclic esters (lactones) is 1. The molecule has 3 aliphatic rings. The third-order valence-corrected chi connectivity index (χ3v) is 5.02. The highest BCUT2D eigenvalue weighted by molar-refractivity contribution is 5.82. The highest BCUT2D eigenvalue weighted by atomic mass is 16.8. The Labute approximate surface area is 113 Å². The molecule has 0 amide bonds. The normalized spacial score (nSPS) is 45.1. The van der Waals surface area contributed by atoms with Crippen molar-refractivity contribution >= 4 is 11.8 Å². The number of ketones is 1. The summed E-state index contributed by atoms with van der Waals surface area (Å²) >= 11 is 0. The standard InChI is InChI=1S/C15H22O4/c1-14(2)12(17)18-13(19-14)15(3)7-9-4-5-11(16)10(6-9)8-15/h9-10,13H,4-8H2,1-3H3/t9-,10+,13?,15-/m0/s1. The molecule has 0 aromatic carbocycles. The smallest absolute Gasteiger partial charge is 0.340 e. The molecule has 4 atom stereocenters. The van der Waals surface area contributed by atoms with Gasteiger partial charge in [0.2, 0.25) is 6.29 Å². The van der Waals surface area contributed by atoms with Crippen LogP contribution in [-0.4, -0.2) is 23.6 Å². The van der Waals surface area contributed by atoms with E-state index in [0.717, 1.165) is 32.1 Å². The van der Waals surface area contributed by atoms with Crippen molar-refractivity contribution in [2.75, 3.05) is 0 Å². The lowest BCUT2D eigenvalue weighted by Crippen LogP contribution is -2.45. The first kappa shape index (κ1) is 13.1. The van der Waals surface area contributed by atoms with Gasteiger partial charge in [0.15, 0.2) is 5.60 Å². The van der Waals surface area contributed by atoms with Crippen molar-refractivity contribution in [3.63, 3.8) is 0 Å². The van der Waals surface area contributed by atoms with Gasteiger partial charge in [-0.2, -0.15) is 0 Å². The molecule has 1 unspecified atom stereocenters. The van der Waals surface area contributed by atoms with Crippen molar-refractivity contribution in [2.45, 2.75) is 64.8 Å². The molecule has 0 spiro atoms. The summed E-state index contributed by atoms with van der Waals surface area (Å²) in [5, 5.41) is 0. The number of Topliss-reactive ketones (excluding diaryl/α,β-unsaturated/α-hetero) is 1. The molecule has 2 saturated carbocycles. The topological polar surface area (TPSA) is 52.6 Å². The van der Waals surface area contributed by atoms with E-state index in [0.29, 0.717) is 11.7 Å². The number of carbonyl (C=O) groups excluding carboxylic acids is 2. The summed E-state index contributed by atoms with van der Waals surface area (Å²) in [6.45, 7) is 5.59. The highest BCUT2D eigenvalue weighted by Gasteiger charge is 2.54. The van der Waals surface area contributed by atoms with E-state index in [9.17, 15) is 9.59 Å². The van der Waals surface area contributed by atoms with Gasteiger partial charge in [0.1, 0.15) is 5.78 Å². The summed E-state index contributed by atoms with van der Waals surface area (Å²) in [5.41, 5.74) is -1.07. The lowest BCUT2D eigenvalue weighted by Gasteiger charge is -2.46. The molecule has 1 aliphatic heterocycles. The molecule has 3 rings (SSSR count). The second-order valence-electron chi connectivity index (χ2n) is 7.23. The van der Waals surface area contributed by atoms with E-state index in [1.165, 1.54) is 0 Å². The molecule has 2 bridgehead atoms. The first-order valence-electron chi connectivity index (χ1n) is 7.22. The Balaban J connectivity index is 1.80. The van der Waals surface area contributed by atoms with Crippen molar-refractivity contribution in [3.8, 4) is 0 Å². The van der Waals surface area contributed by atoms with Gasteiger partial charge in [0.25, 0.3) is 0 Å². The fraction of sp³-hybridized carbons (Fsp3) is 0.867. The van der Waals surface area contributed by atoms with Crippen LogP contribution in [0.5, 0.6) is 0 Å². The second-order valence-corrected chi connectivity index (χ2v) is 7.23. The van der Waals surface area contributed by atoms with E-state index in [2.05, 4.69) is 6.92 Å². The predicted octanol–water partition coefficient (Wildman–Crippen LogP) is 2.45. The van der Waals surface area contributed by atoms with Crippen LogP contribution < -0.4 is 0 Å². The SMILES string of the molecule is CC1(C)OC([C@@]2(C)C[C@H]3CCC(=O)[C@H](C3)C2)OC1=O. The van der Waals surface area contributed by atoms with Crippen LogP contribution in [0.2, 0.25) is 0 Å². The maximum Gasteiger partial charge on any atom is 0.340 e. The van der Waals surface area contributed by atoms with E-state index in [1.807, 2.05) is 0 Å². The Hall–Kier alpha value is -0.900. The molecule has 1 saturated heterocycles. The molecule has 0 radical (unpaired) electrons. The minimum atomic E-state index is -0.857. The van der Waals surface area contributed by atoms with Crippen LogP contribution in [0.25, 0.3) is 0 Å². The van der Waals surface area contributed by atoms with Crippen molar-refractivity contribution < 1.29 is 19.1 Å². The van der Waals surface area contributed by atoms with E-state index in [1.54, 1.807) is 13.8 Å². The van der Waals surface area contributed by atoms with Crippen LogP contribution in [0.3, 0.4) is 0 Å². The highest BCUT2D eigenvalue weighted by Crippen LogP contribution is 2.51. The van der Waals surface area contributed by atoms with Gasteiger partial charge in [-0.25, -0.2) is 4.79 Å². The van der Waals surface area contributed by atoms with Gasteiger partial charge in [-0.3, -0.25) is 4.79 Å². The van der Waals surface area contributed by atoms with Crippen molar-refractivity contribution in [1.29, 1.82) is 0 Å². The predicted molar refractivity (Wildman–Crippen MR) is 68.2 cm³/mol. The Morgan fingerprint density at radius 1 is 1.16 bits per heavy atom. The summed E-state index contributed by atoms with van der Waals surface area (Å²) in [6, 6.07) is 0.